The van der Waals surface area contributed by atoms with E-state index >= 15 is 0 Å². The van der Waals surface area contributed by atoms with Crippen LogP contribution in [0.4, 0.5) is 0 Å². The average Bonchev–Trinajstić information content (AvgIpc) is 1.97. The second-order valence-corrected chi connectivity index (χ2v) is 3.66. The standard InChI is InChI=1S/C5H11NO6S/c1-3(2)4(6)5(7)11-12-13(8,9)10/h3-4H,6H2,1-2H3,(H,8,9,10). The lowest BCUT2D eigenvalue weighted by molar-refractivity contribution is -0.217. The van der Waals surface area contributed by atoms with Gasteiger partial charge in [0.25, 0.3) is 0 Å². The summed E-state index contributed by atoms with van der Waals surface area (Å²) in [6.45, 7) is 3.28. The van der Waals surface area contributed by atoms with Crippen LogP contribution in [0.15, 0.2) is 0 Å². The fraction of sp³-hybridized carbons (Fsp3) is 0.800. The molecule has 1 unspecified atom stereocenters. The zero-order chi connectivity index (χ0) is 10.6. The van der Waals surface area contributed by atoms with E-state index in [1.54, 1.807) is 13.8 Å². The highest BCUT2D eigenvalue weighted by Gasteiger charge is 2.22. The average molecular weight is 213 g/mol. The zero-order valence-corrected chi connectivity index (χ0v) is 7.95. The molecule has 1 atom stereocenters. The van der Waals surface area contributed by atoms with E-state index in [0.29, 0.717) is 0 Å². The molecule has 78 valence electrons. The van der Waals surface area contributed by atoms with Crippen LogP contribution < -0.4 is 5.73 Å². The van der Waals surface area contributed by atoms with Crippen LogP contribution >= 0.6 is 0 Å². The maximum atomic E-state index is 10.8. The van der Waals surface area contributed by atoms with Crippen LogP contribution in [-0.2, 0) is 24.4 Å². The first kappa shape index (κ1) is 12.3. The third kappa shape index (κ3) is 5.53. The van der Waals surface area contributed by atoms with E-state index in [1.807, 2.05) is 0 Å². The van der Waals surface area contributed by atoms with Crippen LogP contribution in [0.5, 0.6) is 0 Å². The Morgan fingerprint density at radius 3 is 2.23 bits per heavy atom. The highest BCUT2D eigenvalue weighted by Crippen LogP contribution is 2.01. The van der Waals surface area contributed by atoms with Crippen LogP contribution in [0, 0.1) is 5.92 Å². The summed E-state index contributed by atoms with van der Waals surface area (Å²) >= 11 is 0. The van der Waals surface area contributed by atoms with Gasteiger partial charge >= 0.3 is 16.4 Å². The van der Waals surface area contributed by atoms with Gasteiger partial charge in [0.1, 0.15) is 6.04 Å². The second kappa shape index (κ2) is 4.51. The van der Waals surface area contributed by atoms with E-state index in [2.05, 4.69) is 9.22 Å². The first-order valence-corrected chi connectivity index (χ1v) is 4.73. The molecule has 7 nitrogen and oxygen atoms in total. The van der Waals surface area contributed by atoms with Crippen LogP contribution in [0.2, 0.25) is 0 Å². The first-order valence-electron chi connectivity index (χ1n) is 3.37. The summed E-state index contributed by atoms with van der Waals surface area (Å²) in [5.74, 6) is -1.29. The molecule has 0 spiro atoms. The minimum absolute atomic E-state index is 0.225. The largest absolute Gasteiger partial charge is 0.432 e. The van der Waals surface area contributed by atoms with Crippen molar-refractivity contribution in [2.75, 3.05) is 0 Å². The van der Waals surface area contributed by atoms with Gasteiger partial charge in [0.05, 0.1) is 0 Å². The minimum atomic E-state index is -4.78. The summed E-state index contributed by atoms with van der Waals surface area (Å²) in [5, 5.41) is 0. The molecule has 0 aliphatic rings. The SMILES string of the molecule is CC(C)C(N)C(=O)OOS(=O)(=O)O. The molecule has 0 heterocycles. The topological polar surface area (TPSA) is 116 Å². The van der Waals surface area contributed by atoms with Gasteiger partial charge < -0.3 is 5.73 Å². The summed E-state index contributed by atoms with van der Waals surface area (Å²) in [5.41, 5.74) is 5.26. The highest BCUT2D eigenvalue weighted by atomic mass is 32.3. The van der Waals surface area contributed by atoms with Crippen LogP contribution in [0.1, 0.15) is 13.8 Å². The Bertz CT molecular complexity index is 271. The summed E-state index contributed by atoms with van der Waals surface area (Å²) < 4.78 is 31.3. The molecule has 13 heavy (non-hydrogen) atoms. The van der Waals surface area contributed by atoms with Crippen molar-refractivity contribution in [1.82, 2.24) is 0 Å². The van der Waals surface area contributed by atoms with E-state index < -0.39 is 22.4 Å². The summed E-state index contributed by atoms with van der Waals surface area (Å²) in [6, 6.07) is -0.998. The number of carbonyl (C=O) groups excluding carboxylic acids is 1. The molecular weight excluding hydrogens is 202 g/mol. The van der Waals surface area contributed by atoms with Gasteiger partial charge in [-0.05, 0) is 10.3 Å². The molecule has 0 rings (SSSR count). The van der Waals surface area contributed by atoms with E-state index in [4.69, 9.17) is 10.3 Å². The van der Waals surface area contributed by atoms with Gasteiger partial charge in [-0.2, -0.15) is 8.42 Å². The second-order valence-electron chi connectivity index (χ2n) is 2.67. The highest BCUT2D eigenvalue weighted by molar-refractivity contribution is 7.80. The Morgan fingerprint density at radius 2 is 1.92 bits per heavy atom. The van der Waals surface area contributed by atoms with E-state index in [0.717, 1.165) is 0 Å². The molecule has 0 aromatic rings. The Morgan fingerprint density at radius 1 is 1.46 bits per heavy atom. The summed E-state index contributed by atoms with van der Waals surface area (Å²) in [6.07, 6.45) is 0. The molecule has 8 heteroatoms. The third-order valence-corrected chi connectivity index (χ3v) is 1.43. The Kier molecular flexibility index (Phi) is 4.27. The van der Waals surface area contributed by atoms with Crippen LogP contribution in [0.3, 0.4) is 0 Å². The third-order valence-electron chi connectivity index (χ3n) is 1.19. The van der Waals surface area contributed by atoms with Crippen LogP contribution in [-0.4, -0.2) is 25.0 Å². The molecule has 0 saturated carbocycles. The van der Waals surface area contributed by atoms with Gasteiger partial charge in [0.15, 0.2) is 0 Å². The van der Waals surface area contributed by atoms with Crippen molar-refractivity contribution in [3.8, 4) is 0 Å². The predicted octanol–water partition coefficient (Wildman–Crippen LogP) is -0.753. The molecule has 0 aromatic carbocycles. The lowest BCUT2D eigenvalue weighted by Gasteiger charge is -2.11. The van der Waals surface area contributed by atoms with Gasteiger partial charge in [-0.1, -0.05) is 13.8 Å². The molecule has 0 aliphatic carbocycles. The van der Waals surface area contributed by atoms with Gasteiger partial charge in [0.2, 0.25) is 0 Å². The smallest absolute Gasteiger partial charge is 0.318 e. The van der Waals surface area contributed by atoms with E-state index in [9.17, 15) is 13.2 Å². The van der Waals surface area contributed by atoms with Crippen molar-refractivity contribution in [3.05, 3.63) is 0 Å². The molecule has 0 amide bonds. The Labute approximate surface area is 75.7 Å². The lowest BCUT2D eigenvalue weighted by Crippen LogP contribution is -2.37. The minimum Gasteiger partial charge on any atom is -0.318 e. The molecule has 0 aliphatic heterocycles. The van der Waals surface area contributed by atoms with Gasteiger partial charge in [-0.15, -0.1) is 0 Å². The zero-order valence-electron chi connectivity index (χ0n) is 7.13. The van der Waals surface area contributed by atoms with E-state index in [-0.39, 0.29) is 5.92 Å². The van der Waals surface area contributed by atoms with Crippen molar-refractivity contribution in [2.45, 2.75) is 19.9 Å². The van der Waals surface area contributed by atoms with Crippen molar-refractivity contribution in [3.63, 3.8) is 0 Å². The lowest BCUT2D eigenvalue weighted by atomic mass is 10.1. The van der Waals surface area contributed by atoms with Gasteiger partial charge in [-0.3, -0.25) is 9.44 Å². The van der Waals surface area contributed by atoms with Crippen molar-refractivity contribution in [1.29, 1.82) is 0 Å². The number of hydrogen-bond acceptors (Lipinski definition) is 6. The van der Waals surface area contributed by atoms with Crippen molar-refractivity contribution >= 4 is 16.4 Å². The normalized spacial score (nSPS) is 14.2. The number of carbonyl (C=O) groups is 1. The van der Waals surface area contributed by atoms with Crippen molar-refractivity contribution in [2.24, 2.45) is 11.7 Å². The van der Waals surface area contributed by atoms with E-state index in [1.165, 1.54) is 0 Å². The fourth-order valence-corrected chi connectivity index (χ4v) is 0.557. The Hall–Kier alpha value is -0.700. The van der Waals surface area contributed by atoms with Crippen LogP contribution in [0.25, 0.3) is 0 Å². The monoisotopic (exact) mass is 213 g/mol. The maximum absolute atomic E-state index is 10.8. The fourth-order valence-electron chi connectivity index (χ4n) is 0.404. The van der Waals surface area contributed by atoms with Crippen molar-refractivity contribution < 1.29 is 27.0 Å². The summed E-state index contributed by atoms with van der Waals surface area (Å²) in [7, 11) is -4.78. The summed E-state index contributed by atoms with van der Waals surface area (Å²) in [4.78, 5) is 14.5. The number of rotatable bonds is 4. The molecule has 0 saturated heterocycles. The van der Waals surface area contributed by atoms with Gasteiger partial charge in [-0.25, -0.2) is 4.79 Å². The predicted molar refractivity (Wildman–Crippen MR) is 41.5 cm³/mol. The maximum Gasteiger partial charge on any atom is 0.432 e. The Balaban J connectivity index is 4.03. The first-order chi connectivity index (χ1) is 5.74. The molecule has 0 radical (unpaired) electrons. The molecular formula is C5H11NO6S. The molecule has 3 N–H and O–H groups in total. The molecule has 0 fully saturated rings. The number of nitrogens with two attached hydrogens (primary N) is 1. The quantitative estimate of drug-likeness (QED) is 0.358. The number of hydrogen-bond donors (Lipinski definition) is 2. The van der Waals surface area contributed by atoms with Gasteiger partial charge in [0, 0.05) is 0 Å². The molecule has 0 aromatic heterocycles. The molecule has 0 bridgehead atoms.